The first kappa shape index (κ1) is 21.5. The van der Waals surface area contributed by atoms with Crippen molar-refractivity contribution in [3.63, 3.8) is 0 Å². The van der Waals surface area contributed by atoms with Crippen molar-refractivity contribution < 1.29 is 18.7 Å². The quantitative estimate of drug-likeness (QED) is 0.549. The molecular weight excluding hydrogens is 467 g/mol. The SMILES string of the molecule is CC(C)(C)OC(=O)N1C[C@@H](F)C[C@H]1COc1cnccc1-c1[nH]c2cccnc2c1Br. The number of aromatic nitrogens is 3. The molecule has 1 saturated heterocycles. The molecule has 2 atom stereocenters. The standard InChI is InChI=1S/C22H24BrFN4O3/c1-22(2,3)31-21(29)28-11-13(24)9-14(28)12-30-17-10-25-8-6-15(17)19-18(23)20-16(27-19)5-4-7-26-20/h4-8,10,13-14,27H,9,11-12H2,1-3H3/t13-,14-/m0/s1. The number of rotatable bonds is 4. The van der Waals surface area contributed by atoms with Crippen molar-refractivity contribution in [3.05, 3.63) is 41.3 Å². The van der Waals surface area contributed by atoms with Gasteiger partial charge in [-0.3, -0.25) is 14.9 Å². The van der Waals surface area contributed by atoms with Gasteiger partial charge in [0.05, 0.1) is 34.5 Å². The smallest absolute Gasteiger partial charge is 0.410 e. The molecule has 4 rings (SSSR count). The molecule has 0 radical (unpaired) electrons. The normalized spacial score (nSPS) is 19.1. The molecule has 1 N–H and O–H groups in total. The van der Waals surface area contributed by atoms with E-state index in [-0.39, 0.29) is 19.6 Å². The van der Waals surface area contributed by atoms with E-state index in [1.807, 2.05) is 18.2 Å². The highest BCUT2D eigenvalue weighted by molar-refractivity contribution is 9.10. The van der Waals surface area contributed by atoms with E-state index in [1.54, 1.807) is 39.4 Å². The predicted octanol–water partition coefficient (Wildman–Crippen LogP) is 5.11. The van der Waals surface area contributed by atoms with Crippen LogP contribution in [0.25, 0.3) is 22.3 Å². The van der Waals surface area contributed by atoms with Crippen LogP contribution in [0.4, 0.5) is 9.18 Å². The molecule has 1 aliphatic heterocycles. The van der Waals surface area contributed by atoms with Crippen LogP contribution < -0.4 is 4.74 Å². The lowest BCUT2D eigenvalue weighted by atomic mass is 10.2. The van der Waals surface area contributed by atoms with E-state index in [4.69, 9.17) is 9.47 Å². The number of nitrogens with zero attached hydrogens (tertiary/aromatic N) is 3. The van der Waals surface area contributed by atoms with Crippen LogP contribution in [-0.2, 0) is 4.74 Å². The van der Waals surface area contributed by atoms with E-state index in [9.17, 15) is 9.18 Å². The molecule has 0 spiro atoms. The van der Waals surface area contributed by atoms with Crippen molar-refractivity contribution in [3.8, 4) is 17.0 Å². The van der Waals surface area contributed by atoms with Gasteiger partial charge < -0.3 is 14.5 Å². The molecule has 7 nitrogen and oxygen atoms in total. The topological polar surface area (TPSA) is 80.3 Å². The molecule has 0 aromatic carbocycles. The van der Waals surface area contributed by atoms with Gasteiger partial charge in [-0.25, -0.2) is 9.18 Å². The number of hydrogen-bond donors (Lipinski definition) is 1. The second-order valence-electron chi connectivity index (χ2n) is 8.52. The summed E-state index contributed by atoms with van der Waals surface area (Å²) in [4.78, 5) is 25.8. The number of likely N-dealkylation sites (tertiary alicyclic amines) is 1. The van der Waals surface area contributed by atoms with Gasteiger partial charge in [0.1, 0.15) is 29.6 Å². The summed E-state index contributed by atoms with van der Waals surface area (Å²) in [6.45, 7) is 5.49. The minimum absolute atomic E-state index is 0.00206. The fraction of sp³-hybridized carbons (Fsp3) is 0.409. The maximum absolute atomic E-state index is 14.1. The Balaban J connectivity index is 1.55. The minimum atomic E-state index is -1.11. The van der Waals surface area contributed by atoms with E-state index < -0.39 is 23.9 Å². The number of carbonyl (C=O) groups excluding carboxylic acids is 1. The van der Waals surface area contributed by atoms with Crippen molar-refractivity contribution in [2.24, 2.45) is 0 Å². The van der Waals surface area contributed by atoms with Gasteiger partial charge in [0.2, 0.25) is 0 Å². The molecule has 9 heteroatoms. The number of pyridine rings is 2. The molecule has 0 aliphatic carbocycles. The fourth-order valence-corrected chi connectivity index (χ4v) is 4.25. The zero-order valence-corrected chi connectivity index (χ0v) is 19.1. The molecule has 1 fully saturated rings. The van der Waals surface area contributed by atoms with Gasteiger partial charge in [-0.05, 0) is 54.9 Å². The number of alkyl halides is 1. The van der Waals surface area contributed by atoms with Crippen LogP contribution in [0, 0.1) is 0 Å². The lowest BCUT2D eigenvalue weighted by Crippen LogP contribution is -2.42. The van der Waals surface area contributed by atoms with Crippen molar-refractivity contribution in [1.29, 1.82) is 0 Å². The molecule has 1 aliphatic rings. The Hall–Kier alpha value is -2.68. The lowest BCUT2D eigenvalue weighted by Gasteiger charge is -2.28. The van der Waals surface area contributed by atoms with Crippen LogP contribution in [0.2, 0.25) is 0 Å². The molecular formula is C22H24BrFN4O3. The molecule has 3 aromatic heterocycles. The van der Waals surface area contributed by atoms with E-state index in [0.717, 1.165) is 26.8 Å². The summed E-state index contributed by atoms with van der Waals surface area (Å²) in [5, 5.41) is 0. The molecule has 0 bridgehead atoms. The summed E-state index contributed by atoms with van der Waals surface area (Å²) in [5.41, 5.74) is 2.65. The third-order valence-electron chi connectivity index (χ3n) is 4.97. The van der Waals surface area contributed by atoms with Gasteiger partial charge >= 0.3 is 6.09 Å². The number of carbonyl (C=O) groups is 1. The Morgan fingerprint density at radius 1 is 1.35 bits per heavy atom. The Kier molecular flexibility index (Phi) is 5.88. The van der Waals surface area contributed by atoms with Gasteiger partial charge in [0.25, 0.3) is 0 Å². The highest BCUT2D eigenvalue weighted by Gasteiger charge is 2.38. The fourth-order valence-electron chi connectivity index (χ4n) is 3.62. The maximum atomic E-state index is 14.1. The number of halogens is 2. The van der Waals surface area contributed by atoms with E-state index in [2.05, 4.69) is 30.9 Å². The van der Waals surface area contributed by atoms with E-state index in [1.165, 1.54) is 4.90 Å². The van der Waals surface area contributed by atoms with Crippen LogP contribution in [0.5, 0.6) is 5.75 Å². The maximum Gasteiger partial charge on any atom is 0.410 e. The second kappa shape index (κ2) is 8.45. The first-order valence-corrected chi connectivity index (χ1v) is 10.9. The highest BCUT2D eigenvalue weighted by Crippen LogP contribution is 2.38. The van der Waals surface area contributed by atoms with Gasteiger partial charge in [0, 0.05) is 24.4 Å². The van der Waals surface area contributed by atoms with E-state index >= 15 is 0 Å². The van der Waals surface area contributed by atoms with Gasteiger partial charge in [-0.15, -0.1) is 0 Å². The number of ether oxygens (including phenoxy) is 2. The first-order valence-electron chi connectivity index (χ1n) is 10.1. The van der Waals surface area contributed by atoms with Crippen LogP contribution in [0.1, 0.15) is 27.2 Å². The van der Waals surface area contributed by atoms with Crippen LogP contribution in [0.15, 0.2) is 41.3 Å². The van der Waals surface area contributed by atoms with Crippen molar-refractivity contribution in [2.45, 2.75) is 45.0 Å². The molecule has 164 valence electrons. The molecule has 0 saturated carbocycles. The minimum Gasteiger partial charge on any atom is -0.489 e. The zero-order chi connectivity index (χ0) is 22.2. The number of amides is 1. The number of hydrogen-bond acceptors (Lipinski definition) is 5. The van der Waals surface area contributed by atoms with Crippen molar-refractivity contribution in [2.75, 3.05) is 13.2 Å². The van der Waals surface area contributed by atoms with Crippen molar-refractivity contribution in [1.82, 2.24) is 19.9 Å². The van der Waals surface area contributed by atoms with Crippen molar-refractivity contribution >= 4 is 33.1 Å². The lowest BCUT2D eigenvalue weighted by molar-refractivity contribution is 0.0181. The number of H-pyrrole nitrogens is 1. The second-order valence-corrected chi connectivity index (χ2v) is 9.31. The Morgan fingerprint density at radius 2 is 2.16 bits per heavy atom. The number of aromatic amines is 1. The van der Waals surface area contributed by atoms with Gasteiger partial charge in [-0.2, -0.15) is 0 Å². The number of fused-ring (bicyclic) bond motifs is 1. The van der Waals surface area contributed by atoms with Gasteiger partial charge in [-0.1, -0.05) is 0 Å². The Labute approximate surface area is 188 Å². The third-order valence-corrected chi connectivity index (χ3v) is 5.74. The monoisotopic (exact) mass is 490 g/mol. The summed E-state index contributed by atoms with van der Waals surface area (Å²) in [6, 6.07) is 5.21. The van der Waals surface area contributed by atoms with Crippen LogP contribution in [-0.4, -0.2) is 56.9 Å². The van der Waals surface area contributed by atoms with Crippen LogP contribution >= 0.6 is 15.9 Å². The van der Waals surface area contributed by atoms with E-state index in [0.29, 0.717) is 5.75 Å². The Bertz CT molecular complexity index is 1100. The average Bonchev–Trinajstić information content (AvgIpc) is 3.25. The summed E-state index contributed by atoms with van der Waals surface area (Å²) < 4.78 is 26.4. The summed E-state index contributed by atoms with van der Waals surface area (Å²) in [6.07, 6.45) is 3.58. The summed E-state index contributed by atoms with van der Waals surface area (Å²) in [5.74, 6) is 0.529. The molecule has 1 amide bonds. The average molecular weight is 491 g/mol. The molecule has 3 aromatic rings. The summed E-state index contributed by atoms with van der Waals surface area (Å²) >= 11 is 3.62. The highest BCUT2D eigenvalue weighted by atomic mass is 79.9. The largest absolute Gasteiger partial charge is 0.489 e. The Morgan fingerprint density at radius 3 is 2.90 bits per heavy atom. The summed E-state index contributed by atoms with van der Waals surface area (Å²) in [7, 11) is 0. The third kappa shape index (κ3) is 4.66. The first-order chi connectivity index (χ1) is 14.7. The molecule has 0 unspecified atom stereocenters. The van der Waals surface area contributed by atoms with Crippen LogP contribution in [0.3, 0.4) is 0 Å². The zero-order valence-electron chi connectivity index (χ0n) is 17.6. The molecule has 4 heterocycles. The number of nitrogens with one attached hydrogen (secondary N) is 1. The molecule has 31 heavy (non-hydrogen) atoms. The predicted molar refractivity (Wildman–Crippen MR) is 119 cm³/mol. The van der Waals surface area contributed by atoms with Gasteiger partial charge in [0.15, 0.2) is 0 Å².